The molecule has 0 saturated heterocycles. The molecule has 0 aromatic carbocycles. The lowest BCUT2D eigenvalue weighted by Gasteiger charge is -2.34. The van der Waals surface area contributed by atoms with Crippen molar-refractivity contribution in [2.45, 2.75) is 31.3 Å². The first-order chi connectivity index (χ1) is 5.87. The maximum atomic E-state index is 11.6. The van der Waals surface area contributed by atoms with Gasteiger partial charge in [-0.05, 0) is 12.8 Å². The molecule has 0 radical (unpaired) electrons. The predicted molar refractivity (Wildman–Crippen MR) is 35.1 cm³/mol. The van der Waals surface area contributed by atoms with E-state index >= 15 is 0 Å². The van der Waals surface area contributed by atoms with E-state index in [2.05, 4.69) is 10.1 Å². The van der Waals surface area contributed by atoms with Gasteiger partial charge in [-0.1, -0.05) is 0 Å². The maximum Gasteiger partial charge on any atom is 0.522 e. The van der Waals surface area contributed by atoms with Gasteiger partial charge in [0.25, 0.3) is 0 Å². The van der Waals surface area contributed by atoms with Crippen LogP contribution in [-0.4, -0.2) is 29.7 Å². The van der Waals surface area contributed by atoms with Gasteiger partial charge >= 0.3 is 12.5 Å². The highest BCUT2D eigenvalue weighted by Gasteiger charge is 2.40. The van der Waals surface area contributed by atoms with E-state index in [0.29, 0.717) is 0 Å². The van der Waals surface area contributed by atoms with Crippen molar-refractivity contribution in [3.63, 3.8) is 0 Å². The molecule has 1 fully saturated rings. The SMILES string of the molecule is O=C(O)N[C@H]1C[C@@H](OC(F)(F)F)C1. The van der Waals surface area contributed by atoms with Crippen molar-refractivity contribution in [2.75, 3.05) is 0 Å². The Labute approximate surface area is 71.7 Å². The van der Waals surface area contributed by atoms with E-state index in [1.54, 1.807) is 0 Å². The molecular formula is C6H8F3NO3. The lowest BCUT2D eigenvalue weighted by molar-refractivity contribution is -0.351. The molecule has 1 rings (SSSR count). The third-order valence-electron chi connectivity index (χ3n) is 1.72. The van der Waals surface area contributed by atoms with E-state index in [1.807, 2.05) is 0 Å². The van der Waals surface area contributed by atoms with Crippen LogP contribution in [0.15, 0.2) is 0 Å². The quantitative estimate of drug-likeness (QED) is 0.705. The summed E-state index contributed by atoms with van der Waals surface area (Å²) in [6.07, 6.45) is -6.61. The summed E-state index contributed by atoms with van der Waals surface area (Å²) in [7, 11) is 0. The Balaban J connectivity index is 2.15. The molecule has 4 nitrogen and oxygen atoms in total. The highest BCUT2D eigenvalue weighted by molar-refractivity contribution is 5.65. The second-order valence-electron chi connectivity index (χ2n) is 2.80. The zero-order chi connectivity index (χ0) is 10.1. The van der Waals surface area contributed by atoms with Crippen LogP contribution in [0.1, 0.15) is 12.8 Å². The average molecular weight is 199 g/mol. The fourth-order valence-corrected chi connectivity index (χ4v) is 1.14. The molecule has 0 bridgehead atoms. The molecule has 0 aromatic rings. The zero-order valence-corrected chi connectivity index (χ0v) is 6.47. The Bertz CT molecular complexity index is 200. The van der Waals surface area contributed by atoms with Crippen LogP contribution in [0.25, 0.3) is 0 Å². The summed E-state index contributed by atoms with van der Waals surface area (Å²) in [6.45, 7) is 0. The van der Waals surface area contributed by atoms with Crippen LogP contribution in [0, 0.1) is 0 Å². The van der Waals surface area contributed by atoms with E-state index in [1.165, 1.54) is 0 Å². The summed E-state index contributed by atoms with van der Waals surface area (Å²) >= 11 is 0. The van der Waals surface area contributed by atoms with Crippen molar-refractivity contribution in [1.29, 1.82) is 0 Å². The summed E-state index contributed by atoms with van der Waals surface area (Å²) in [4.78, 5) is 10.0. The molecule has 2 N–H and O–H groups in total. The number of rotatable bonds is 2. The molecule has 7 heteroatoms. The monoisotopic (exact) mass is 199 g/mol. The number of amides is 1. The standard InChI is InChI=1S/C6H8F3NO3/c7-6(8,9)13-4-1-3(2-4)10-5(11)12/h3-4,10H,1-2H2,(H,11,12)/t3-,4+. The van der Waals surface area contributed by atoms with Gasteiger partial charge in [-0.15, -0.1) is 13.2 Å². The summed E-state index contributed by atoms with van der Waals surface area (Å²) in [6, 6.07) is -0.412. The fourth-order valence-electron chi connectivity index (χ4n) is 1.14. The van der Waals surface area contributed by atoms with E-state index < -0.39 is 24.6 Å². The molecule has 1 aliphatic rings. The Morgan fingerprint density at radius 1 is 1.46 bits per heavy atom. The minimum Gasteiger partial charge on any atom is -0.465 e. The Morgan fingerprint density at radius 2 is 2.00 bits per heavy atom. The van der Waals surface area contributed by atoms with Gasteiger partial charge in [0, 0.05) is 6.04 Å². The molecule has 0 unspecified atom stereocenters. The van der Waals surface area contributed by atoms with Crippen LogP contribution in [0.2, 0.25) is 0 Å². The first kappa shape index (κ1) is 10.1. The van der Waals surface area contributed by atoms with E-state index in [9.17, 15) is 18.0 Å². The molecule has 13 heavy (non-hydrogen) atoms. The highest BCUT2D eigenvalue weighted by atomic mass is 19.4. The summed E-state index contributed by atoms with van der Waals surface area (Å²) in [5, 5.41) is 10.3. The molecule has 1 aliphatic carbocycles. The second kappa shape index (κ2) is 3.41. The Morgan fingerprint density at radius 3 is 2.38 bits per heavy atom. The molecule has 0 heterocycles. The van der Waals surface area contributed by atoms with Gasteiger partial charge in [-0.3, -0.25) is 4.74 Å². The molecular weight excluding hydrogens is 191 g/mol. The Hall–Kier alpha value is -0.980. The van der Waals surface area contributed by atoms with Crippen molar-refractivity contribution >= 4 is 6.09 Å². The van der Waals surface area contributed by atoms with Gasteiger partial charge in [-0.2, -0.15) is 0 Å². The molecule has 0 spiro atoms. The van der Waals surface area contributed by atoms with E-state index in [0.717, 1.165) is 0 Å². The molecule has 0 atom stereocenters. The van der Waals surface area contributed by atoms with Crippen LogP contribution in [0.3, 0.4) is 0 Å². The third kappa shape index (κ3) is 3.49. The normalized spacial score (nSPS) is 27.9. The zero-order valence-electron chi connectivity index (χ0n) is 6.47. The predicted octanol–water partition coefficient (Wildman–Crippen LogP) is 1.32. The highest BCUT2D eigenvalue weighted by Crippen LogP contribution is 2.30. The van der Waals surface area contributed by atoms with Crippen LogP contribution in [-0.2, 0) is 4.74 Å². The fraction of sp³-hybridized carbons (Fsp3) is 0.833. The lowest BCUT2D eigenvalue weighted by Crippen LogP contribution is -2.48. The third-order valence-corrected chi connectivity index (χ3v) is 1.72. The molecule has 1 saturated carbocycles. The number of nitrogens with one attached hydrogen (secondary N) is 1. The van der Waals surface area contributed by atoms with Gasteiger partial charge in [0.05, 0.1) is 6.10 Å². The van der Waals surface area contributed by atoms with Gasteiger partial charge < -0.3 is 10.4 Å². The number of carboxylic acid groups (broad SMARTS) is 1. The lowest BCUT2D eigenvalue weighted by atomic mass is 9.89. The van der Waals surface area contributed by atoms with E-state index in [4.69, 9.17) is 5.11 Å². The van der Waals surface area contributed by atoms with Crippen molar-refractivity contribution in [3.05, 3.63) is 0 Å². The average Bonchev–Trinajstić information content (AvgIpc) is 1.78. The van der Waals surface area contributed by atoms with Crippen molar-refractivity contribution in [3.8, 4) is 0 Å². The molecule has 0 aromatic heterocycles. The van der Waals surface area contributed by atoms with Crippen LogP contribution >= 0.6 is 0 Å². The van der Waals surface area contributed by atoms with Crippen molar-refractivity contribution in [1.82, 2.24) is 5.32 Å². The van der Waals surface area contributed by atoms with Gasteiger partial charge in [0.1, 0.15) is 0 Å². The summed E-state index contributed by atoms with van der Waals surface area (Å²) in [5.74, 6) is 0. The minimum atomic E-state index is -4.63. The van der Waals surface area contributed by atoms with Crippen molar-refractivity contribution in [2.24, 2.45) is 0 Å². The summed E-state index contributed by atoms with van der Waals surface area (Å²) < 4.78 is 38.3. The minimum absolute atomic E-state index is 0.0752. The first-order valence-corrected chi connectivity index (χ1v) is 3.61. The largest absolute Gasteiger partial charge is 0.522 e. The number of hydrogen-bond acceptors (Lipinski definition) is 2. The van der Waals surface area contributed by atoms with Gasteiger partial charge in [-0.25, -0.2) is 4.79 Å². The van der Waals surface area contributed by atoms with Gasteiger partial charge in [0.2, 0.25) is 0 Å². The van der Waals surface area contributed by atoms with Crippen LogP contribution in [0.4, 0.5) is 18.0 Å². The van der Waals surface area contributed by atoms with Crippen LogP contribution in [0.5, 0.6) is 0 Å². The number of hydrogen-bond donors (Lipinski definition) is 2. The van der Waals surface area contributed by atoms with Crippen molar-refractivity contribution < 1.29 is 27.8 Å². The molecule has 76 valence electrons. The number of carbonyl (C=O) groups is 1. The molecule has 0 aliphatic heterocycles. The first-order valence-electron chi connectivity index (χ1n) is 3.61. The summed E-state index contributed by atoms with van der Waals surface area (Å²) in [5.41, 5.74) is 0. The van der Waals surface area contributed by atoms with E-state index in [-0.39, 0.29) is 12.8 Å². The second-order valence-corrected chi connectivity index (χ2v) is 2.80. The number of halogens is 3. The van der Waals surface area contributed by atoms with Gasteiger partial charge in [0.15, 0.2) is 0 Å². The molecule has 1 amide bonds. The topological polar surface area (TPSA) is 58.6 Å². The maximum absolute atomic E-state index is 11.6. The number of ether oxygens (including phenoxy) is 1. The van der Waals surface area contributed by atoms with Crippen LogP contribution < -0.4 is 5.32 Å². The smallest absolute Gasteiger partial charge is 0.465 e. The Kier molecular flexibility index (Phi) is 2.65. The number of alkyl halides is 3.